The summed E-state index contributed by atoms with van der Waals surface area (Å²) >= 11 is 0. The highest BCUT2D eigenvalue weighted by Gasteiger charge is 2.35. The molecule has 122 valence electrons. The maximum atomic E-state index is 12.7. The van der Waals surface area contributed by atoms with Crippen LogP contribution in [0.4, 0.5) is 0 Å². The second-order valence-corrected chi connectivity index (χ2v) is 6.40. The molecule has 1 saturated heterocycles. The molecule has 1 aliphatic heterocycles. The molecule has 0 aromatic carbocycles. The predicted molar refractivity (Wildman–Crippen MR) is 81.0 cm³/mol. The van der Waals surface area contributed by atoms with Gasteiger partial charge in [0.2, 0.25) is 5.89 Å². The zero-order valence-corrected chi connectivity index (χ0v) is 13.4. The van der Waals surface area contributed by atoms with Crippen molar-refractivity contribution in [2.24, 2.45) is 0 Å². The maximum absolute atomic E-state index is 12.7. The molecule has 7 nitrogen and oxygen atoms in total. The van der Waals surface area contributed by atoms with E-state index >= 15 is 0 Å². The average Bonchev–Trinajstić information content (AvgIpc) is 3.12. The van der Waals surface area contributed by atoms with E-state index in [2.05, 4.69) is 15.0 Å². The molecule has 2 aliphatic rings. The van der Waals surface area contributed by atoms with Gasteiger partial charge in [-0.3, -0.25) is 9.69 Å². The highest BCUT2D eigenvalue weighted by atomic mass is 16.5. The summed E-state index contributed by atoms with van der Waals surface area (Å²) in [6.07, 6.45) is 3.84. The third-order valence-corrected chi connectivity index (χ3v) is 4.71. The Labute approximate surface area is 134 Å². The second-order valence-electron chi connectivity index (χ2n) is 6.40. The summed E-state index contributed by atoms with van der Waals surface area (Å²) in [7, 11) is 2.02. The lowest BCUT2D eigenvalue weighted by Crippen LogP contribution is -2.49. The van der Waals surface area contributed by atoms with E-state index in [4.69, 9.17) is 8.94 Å². The molecule has 1 aliphatic carbocycles. The Kier molecular flexibility index (Phi) is 3.45. The SMILES string of the molecule is Cc1occc1C(=O)N1CCN(C)[C@@H](c2nc(C3CC3)no2)C1. The van der Waals surface area contributed by atoms with Crippen molar-refractivity contribution in [3.63, 3.8) is 0 Å². The first kappa shape index (κ1) is 14.4. The zero-order chi connectivity index (χ0) is 16.0. The molecule has 0 N–H and O–H groups in total. The number of nitrogens with zero attached hydrogens (tertiary/aromatic N) is 4. The van der Waals surface area contributed by atoms with Crippen molar-refractivity contribution >= 4 is 5.91 Å². The highest BCUT2D eigenvalue weighted by molar-refractivity contribution is 5.95. The summed E-state index contributed by atoms with van der Waals surface area (Å²) in [5, 5.41) is 4.09. The van der Waals surface area contributed by atoms with Crippen LogP contribution in [-0.2, 0) is 0 Å². The number of amides is 1. The van der Waals surface area contributed by atoms with E-state index in [-0.39, 0.29) is 11.9 Å². The van der Waals surface area contributed by atoms with Crippen LogP contribution in [0.5, 0.6) is 0 Å². The van der Waals surface area contributed by atoms with Crippen molar-refractivity contribution in [1.29, 1.82) is 0 Å². The minimum absolute atomic E-state index is 0.00344. The summed E-state index contributed by atoms with van der Waals surface area (Å²) < 4.78 is 10.7. The van der Waals surface area contributed by atoms with Gasteiger partial charge in [-0.2, -0.15) is 4.98 Å². The molecule has 3 heterocycles. The Morgan fingerprint density at radius 2 is 2.17 bits per heavy atom. The number of likely N-dealkylation sites (N-methyl/N-ethyl adjacent to an activating group) is 1. The van der Waals surface area contributed by atoms with Gasteiger partial charge in [0, 0.05) is 25.6 Å². The van der Waals surface area contributed by atoms with E-state index in [1.807, 2.05) is 11.9 Å². The number of piperazine rings is 1. The molecule has 1 atom stereocenters. The van der Waals surface area contributed by atoms with Gasteiger partial charge in [-0.05, 0) is 32.9 Å². The first-order valence-corrected chi connectivity index (χ1v) is 8.00. The fourth-order valence-electron chi connectivity index (χ4n) is 2.99. The summed E-state index contributed by atoms with van der Waals surface area (Å²) in [5.41, 5.74) is 0.623. The molecule has 7 heteroatoms. The van der Waals surface area contributed by atoms with Gasteiger partial charge in [0.05, 0.1) is 11.8 Å². The van der Waals surface area contributed by atoms with E-state index in [0.29, 0.717) is 36.2 Å². The lowest BCUT2D eigenvalue weighted by Gasteiger charge is -2.37. The molecule has 0 spiro atoms. The fraction of sp³-hybridized carbons (Fsp3) is 0.562. The van der Waals surface area contributed by atoms with Gasteiger partial charge in [0.15, 0.2) is 5.82 Å². The van der Waals surface area contributed by atoms with Crippen molar-refractivity contribution in [2.75, 3.05) is 26.7 Å². The van der Waals surface area contributed by atoms with Crippen molar-refractivity contribution in [3.8, 4) is 0 Å². The van der Waals surface area contributed by atoms with E-state index in [9.17, 15) is 4.79 Å². The topological polar surface area (TPSA) is 75.6 Å². The number of aryl methyl sites for hydroxylation is 1. The summed E-state index contributed by atoms with van der Waals surface area (Å²) in [6.45, 7) is 3.81. The average molecular weight is 316 g/mol. The molecule has 0 radical (unpaired) electrons. The van der Waals surface area contributed by atoms with E-state index < -0.39 is 0 Å². The first-order valence-electron chi connectivity index (χ1n) is 8.00. The fourth-order valence-corrected chi connectivity index (χ4v) is 2.99. The third kappa shape index (κ3) is 2.65. The number of hydrogen-bond donors (Lipinski definition) is 0. The molecule has 1 amide bonds. The van der Waals surface area contributed by atoms with Crippen molar-refractivity contribution in [1.82, 2.24) is 19.9 Å². The monoisotopic (exact) mass is 316 g/mol. The van der Waals surface area contributed by atoms with Crippen molar-refractivity contribution < 1.29 is 13.7 Å². The van der Waals surface area contributed by atoms with Crippen LogP contribution < -0.4 is 0 Å². The summed E-state index contributed by atoms with van der Waals surface area (Å²) in [6, 6.07) is 1.67. The molecular formula is C16H20N4O3. The van der Waals surface area contributed by atoms with Gasteiger partial charge in [-0.15, -0.1) is 0 Å². The van der Waals surface area contributed by atoms with Gasteiger partial charge >= 0.3 is 0 Å². The van der Waals surface area contributed by atoms with Crippen LogP contribution in [0.1, 0.15) is 52.6 Å². The first-order chi connectivity index (χ1) is 11.1. The number of aromatic nitrogens is 2. The van der Waals surface area contributed by atoms with Crippen LogP contribution in [0, 0.1) is 6.92 Å². The normalized spacial score (nSPS) is 22.5. The molecule has 4 rings (SSSR count). The van der Waals surface area contributed by atoms with Crippen LogP contribution in [0.15, 0.2) is 21.3 Å². The predicted octanol–water partition coefficient (Wildman–Crippen LogP) is 1.98. The van der Waals surface area contributed by atoms with Crippen molar-refractivity contribution in [2.45, 2.75) is 31.7 Å². The minimum atomic E-state index is -0.0556. The Hall–Kier alpha value is -2.15. The molecule has 2 fully saturated rings. The van der Waals surface area contributed by atoms with E-state index in [1.54, 1.807) is 19.3 Å². The highest BCUT2D eigenvalue weighted by Crippen LogP contribution is 2.38. The van der Waals surface area contributed by atoms with Gasteiger partial charge < -0.3 is 13.8 Å². The number of rotatable bonds is 3. The zero-order valence-electron chi connectivity index (χ0n) is 13.4. The molecule has 2 aromatic heterocycles. The standard InChI is InChI=1S/C16H20N4O3/c1-10-12(5-8-22-10)16(21)20-7-6-19(2)13(9-20)15-17-14(18-23-15)11-3-4-11/h5,8,11,13H,3-4,6-7,9H2,1-2H3/t13-/m1/s1. The molecule has 1 saturated carbocycles. The van der Waals surface area contributed by atoms with Crippen molar-refractivity contribution in [3.05, 3.63) is 35.4 Å². The molecular weight excluding hydrogens is 296 g/mol. The number of furan rings is 1. The molecule has 0 bridgehead atoms. The summed E-state index contributed by atoms with van der Waals surface area (Å²) in [5.74, 6) is 2.53. The van der Waals surface area contributed by atoms with E-state index in [0.717, 1.165) is 25.2 Å². The van der Waals surface area contributed by atoms with Crippen LogP contribution >= 0.6 is 0 Å². The van der Waals surface area contributed by atoms with Gasteiger partial charge in [-0.1, -0.05) is 5.16 Å². The van der Waals surface area contributed by atoms with Crippen LogP contribution in [0.25, 0.3) is 0 Å². The number of carbonyl (C=O) groups is 1. The Morgan fingerprint density at radius 1 is 1.35 bits per heavy atom. The Balaban J connectivity index is 1.53. The lowest BCUT2D eigenvalue weighted by atomic mass is 10.1. The van der Waals surface area contributed by atoms with Gasteiger partial charge in [0.1, 0.15) is 11.8 Å². The van der Waals surface area contributed by atoms with Crippen LogP contribution in [0.2, 0.25) is 0 Å². The van der Waals surface area contributed by atoms with E-state index in [1.165, 1.54) is 0 Å². The largest absolute Gasteiger partial charge is 0.469 e. The quantitative estimate of drug-likeness (QED) is 0.862. The summed E-state index contributed by atoms with van der Waals surface area (Å²) in [4.78, 5) is 21.2. The number of carbonyl (C=O) groups excluding carboxylic acids is 1. The van der Waals surface area contributed by atoms with Crippen LogP contribution in [-0.4, -0.2) is 52.5 Å². The Morgan fingerprint density at radius 3 is 2.87 bits per heavy atom. The second kappa shape index (κ2) is 5.49. The molecule has 2 aromatic rings. The molecule has 23 heavy (non-hydrogen) atoms. The molecule has 0 unspecified atom stereocenters. The minimum Gasteiger partial charge on any atom is -0.469 e. The van der Waals surface area contributed by atoms with Gasteiger partial charge in [0.25, 0.3) is 5.91 Å². The number of hydrogen-bond acceptors (Lipinski definition) is 6. The van der Waals surface area contributed by atoms with Gasteiger partial charge in [-0.25, -0.2) is 0 Å². The lowest BCUT2D eigenvalue weighted by molar-refractivity contribution is 0.0487. The smallest absolute Gasteiger partial charge is 0.257 e. The Bertz CT molecular complexity index is 718. The van der Waals surface area contributed by atoms with Crippen LogP contribution in [0.3, 0.4) is 0 Å². The third-order valence-electron chi connectivity index (χ3n) is 4.71. The maximum Gasteiger partial charge on any atom is 0.257 e.